The summed E-state index contributed by atoms with van der Waals surface area (Å²) in [4.78, 5) is 17.2. The number of anilines is 1. The topological polar surface area (TPSA) is 32.8 Å². The normalized spacial score (nSPS) is 22.7. The van der Waals surface area contributed by atoms with E-state index in [-0.39, 0.29) is 18.1 Å². The lowest BCUT2D eigenvalue weighted by atomic mass is 10.1. The van der Waals surface area contributed by atoms with Crippen molar-refractivity contribution in [2.24, 2.45) is 0 Å². The molecular formula is C22H24N2O2. The van der Waals surface area contributed by atoms with Gasteiger partial charge in [0, 0.05) is 30.9 Å². The summed E-state index contributed by atoms with van der Waals surface area (Å²) in [6.07, 6.45) is 4.28. The maximum atomic E-state index is 13.0. The summed E-state index contributed by atoms with van der Waals surface area (Å²) in [5.74, 6) is 0.0761. The molecular weight excluding hydrogens is 324 g/mol. The molecule has 0 radical (unpaired) electrons. The number of morpholine rings is 1. The lowest BCUT2D eigenvalue weighted by molar-refractivity contribution is -0.0691. The van der Waals surface area contributed by atoms with Gasteiger partial charge in [-0.2, -0.15) is 0 Å². The highest BCUT2D eigenvalue weighted by molar-refractivity contribution is 5.94. The van der Waals surface area contributed by atoms with Gasteiger partial charge in [0.05, 0.1) is 12.6 Å². The second-order valence-electron chi connectivity index (χ2n) is 6.98. The molecule has 2 atom stereocenters. The minimum Gasteiger partial charge on any atom is -0.367 e. The first-order chi connectivity index (χ1) is 12.7. The summed E-state index contributed by atoms with van der Waals surface area (Å²) in [5, 5.41) is 0. The van der Waals surface area contributed by atoms with Crippen LogP contribution in [0.25, 0.3) is 0 Å². The summed E-state index contributed by atoms with van der Waals surface area (Å²) in [6, 6.07) is 18.1. The summed E-state index contributed by atoms with van der Waals surface area (Å²) < 4.78 is 6.07. The number of nitrogens with zero attached hydrogens (tertiary/aromatic N) is 2. The molecule has 0 aliphatic carbocycles. The summed E-state index contributed by atoms with van der Waals surface area (Å²) in [6.45, 7) is 5.11. The van der Waals surface area contributed by atoms with Gasteiger partial charge >= 0.3 is 0 Å². The molecule has 26 heavy (non-hydrogen) atoms. The van der Waals surface area contributed by atoms with Crippen molar-refractivity contribution < 1.29 is 9.53 Å². The lowest BCUT2D eigenvalue weighted by Crippen LogP contribution is -2.45. The number of carbonyl (C=O) groups is 1. The van der Waals surface area contributed by atoms with Crippen LogP contribution in [0.2, 0.25) is 0 Å². The molecule has 2 aliphatic heterocycles. The molecule has 0 spiro atoms. The van der Waals surface area contributed by atoms with Crippen LogP contribution in [0.4, 0.5) is 5.69 Å². The Morgan fingerprint density at radius 1 is 0.962 bits per heavy atom. The third-order valence-electron chi connectivity index (χ3n) is 5.02. The van der Waals surface area contributed by atoms with Gasteiger partial charge in [-0.05, 0) is 36.8 Å². The summed E-state index contributed by atoms with van der Waals surface area (Å²) in [5.41, 5.74) is 3.01. The molecule has 0 aromatic heterocycles. The van der Waals surface area contributed by atoms with Gasteiger partial charge in [0.2, 0.25) is 0 Å². The average molecular weight is 348 g/mol. The van der Waals surface area contributed by atoms with E-state index in [1.807, 2.05) is 54.3 Å². The Morgan fingerprint density at radius 2 is 1.65 bits per heavy atom. The number of amides is 1. The molecule has 4 nitrogen and oxygen atoms in total. The van der Waals surface area contributed by atoms with Crippen molar-refractivity contribution in [3.05, 3.63) is 77.9 Å². The second-order valence-corrected chi connectivity index (χ2v) is 6.98. The van der Waals surface area contributed by atoms with E-state index in [0.29, 0.717) is 13.1 Å². The minimum atomic E-state index is -0.0705. The van der Waals surface area contributed by atoms with Crippen LogP contribution in [0.3, 0.4) is 0 Å². The van der Waals surface area contributed by atoms with Crippen molar-refractivity contribution in [3.63, 3.8) is 0 Å². The van der Waals surface area contributed by atoms with Crippen molar-refractivity contribution in [3.8, 4) is 0 Å². The fraction of sp³-hybridized carbons (Fsp3) is 0.318. The maximum Gasteiger partial charge on any atom is 0.254 e. The van der Waals surface area contributed by atoms with E-state index in [4.69, 9.17) is 4.74 Å². The van der Waals surface area contributed by atoms with Crippen molar-refractivity contribution in [2.75, 3.05) is 31.1 Å². The Labute approximate surface area is 154 Å². The van der Waals surface area contributed by atoms with E-state index < -0.39 is 0 Å². The van der Waals surface area contributed by atoms with Crippen LogP contribution >= 0.6 is 0 Å². The van der Waals surface area contributed by atoms with Crippen molar-refractivity contribution >= 4 is 11.6 Å². The van der Waals surface area contributed by atoms with Crippen LogP contribution in [0.15, 0.2) is 66.7 Å². The quantitative estimate of drug-likeness (QED) is 0.794. The molecule has 1 saturated heterocycles. The van der Waals surface area contributed by atoms with Crippen LogP contribution in [0.1, 0.15) is 28.9 Å². The summed E-state index contributed by atoms with van der Waals surface area (Å²) in [7, 11) is 0. The first kappa shape index (κ1) is 16.9. The highest BCUT2D eigenvalue weighted by Crippen LogP contribution is 2.26. The van der Waals surface area contributed by atoms with Crippen LogP contribution in [0.5, 0.6) is 0 Å². The van der Waals surface area contributed by atoms with Gasteiger partial charge in [-0.3, -0.25) is 4.79 Å². The Bertz CT molecular complexity index is 778. The third kappa shape index (κ3) is 3.51. The average Bonchev–Trinajstić information content (AvgIpc) is 3.22. The van der Waals surface area contributed by atoms with E-state index in [1.54, 1.807) is 0 Å². The predicted molar refractivity (Wildman–Crippen MR) is 103 cm³/mol. The molecule has 2 aromatic rings. The monoisotopic (exact) mass is 348 g/mol. The number of benzene rings is 2. The molecule has 2 aromatic carbocycles. The molecule has 0 bridgehead atoms. The number of rotatable bonds is 3. The fourth-order valence-electron chi connectivity index (χ4n) is 3.66. The maximum absolute atomic E-state index is 13.0. The molecule has 2 aliphatic rings. The molecule has 2 heterocycles. The molecule has 0 N–H and O–H groups in total. The Hall–Kier alpha value is -2.59. The van der Waals surface area contributed by atoms with E-state index >= 15 is 0 Å². The number of carbonyl (C=O) groups excluding carboxylic acids is 1. The van der Waals surface area contributed by atoms with Gasteiger partial charge in [-0.15, -0.1) is 0 Å². The van der Waals surface area contributed by atoms with Gasteiger partial charge in [0.25, 0.3) is 5.91 Å². The number of hydrogen-bond donors (Lipinski definition) is 0. The predicted octanol–water partition coefficient (Wildman–Crippen LogP) is 3.67. The molecule has 4 heteroatoms. The van der Waals surface area contributed by atoms with Crippen LogP contribution in [0, 0.1) is 0 Å². The largest absolute Gasteiger partial charge is 0.367 e. The number of ether oxygens (including phenoxy) is 1. The molecule has 134 valence electrons. The standard InChI is InChI=1S/C22H24N2O2/c1-17-15-24(16-21(26-17)18-7-3-2-4-8-18)22(25)19-9-11-20(12-10-19)23-13-5-6-14-23/h2-12,17,21H,13-16H2,1H3/t17-,21+/m1/s1. The Balaban J connectivity index is 1.48. The first-order valence-corrected chi connectivity index (χ1v) is 9.20. The van der Waals surface area contributed by atoms with Gasteiger partial charge in [-0.25, -0.2) is 0 Å². The van der Waals surface area contributed by atoms with Crippen LogP contribution in [-0.4, -0.2) is 43.1 Å². The Kier molecular flexibility index (Phi) is 4.76. The minimum absolute atomic E-state index is 0.0212. The van der Waals surface area contributed by atoms with E-state index in [0.717, 1.165) is 29.9 Å². The molecule has 1 fully saturated rings. The molecule has 0 unspecified atom stereocenters. The Morgan fingerprint density at radius 3 is 2.35 bits per heavy atom. The zero-order valence-electron chi connectivity index (χ0n) is 15.0. The van der Waals surface area contributed by atoms with Crippen LogP contribution in [-0.2, 0) is 4.74 Å². The van der Waals surface area contributed by atoms with Crippen molar-refractivity contribution in [1.82, 2.24) is 4.90 Å². The fourth-order valence-corrected chi connectivity index (χ4v) is 3.66. The third-order valence-corrected chi connectivity index (χ3v) is 5.02. The second kappa shape index (κ2) is 7.34. The zero-order valence-corrected chi connectivity index (χ0v) is 15.0. The van der Waals surface area contributed by atoms with Gasteiger partial charge in [0.1, 0.15) is 6.10 Å². The van der Waals surface area contributed by atoms with E-state index in [9.17, 15) is 4.79 Å². The number of hydrogen-bond acceptors (Lipinski definition) is 3. The van der Waals surface area contributed by atoms with Gasteiger partial charge in [0.15, 0.2) is 0 Å². The smallest absolute Gasteiger partial charge is 0.254 e. The molecule has 4 rings (SSSR count). The van der Waals surface area contributed by atoms with Gasteiger partial charge < -0.3 is 14.5 Å². The first-order valence-electron chi connectivity index (χ1n) is 9.20. The van der Waals surface area contributed by atoms with Gasteiger partial charge in [-0.1, -0.05) is 42.5 Å². The van der Waals surface area contributed by atoms with E-state index in [2.05, 4.69) is 29.2 Å². The summed E-state index contributed by atoms with van der Waals surface area (Å²) >= 11 is 0. The molecule has 0 saturated carbocycles. The van der Waals surface area contributed by atoms with Crippen molar-refractivity contribution in [1.29, 1.82) is 0 Å². The highest BCUT2D eigenvalue weighted by Gasteiger charge is 2.29. The van der Waals surface area contributed by atoms with Crippen LogP contribution < -0.4 is 4.90 Å². The van der Waals surface area contributed by atoms with E-state index in [1.165, 1.54) is 0 Å². The highest BCUT2D eigenvalue weighted by atomic mass is 16.5. The lowest BCUT2D eigenvalue weighted by Gasteiger charge is -2.37. The zero-order chi connectivity index (χ0) is 17.9. The van der Waals surface area contributed by atoms with Crippen molar-refractivity contribution in [2.45, 2.75) is 19.1 Å². The molecule has 1 amide bonds. The SMILES string of the molecule is C[C@@H]1CN(C(=O)c2ccc(N3CC=CC3)cc2)C[C@@H](c2ccccc2)O1.